The minimum atomic E-state index is 0.150. The minimum Gasteiger partial charge on any atom is -0.376 e. The van der Waals surface area contributed by atoms with Gasteiger partial charge in [-0.05, 0) is 36.8 Å². The Morgan fingerprint density at radius 3 is 2.92 bits per heavy atom. The average Bonchev–Trinajstić information content (AvgIpc) is 2.20. The molecule has 0 amide bonds. The van der Waals surface area contributed by atoms with E-state index < -0.39 is 0 Å². The Hall–Kier alpha value is -1.02. The van der Waals surface area contributed by atoms with E-state index in [9.17, 15) is 0 Å². The fourth-order valence-electron chi connectivity index (χ4n) is 1.75. The van der Waals surface area contributed by atoms with E-state index in [1.807, 2.05) is 0 Å². The molecule has 0 bridgehead atoms. The molecule has 0 radical (unpaired) electrons. The Labute approximate surface area is 79.2 Å². The van der Waals surface area contributed by atoms with Crippen LogP contribution in [0.5, 0.6) is 0 Å². The average molecular weight is 176 g/mol. The predicted molar refractivity (Wildman–Crippen MR) is 54.9 cm³/mol. The molecule has 1 aliphatic carbocycles. The van der Waals surface area contributed by atoms with Crippen LogP contribution in [0.25, 0.3) is 0 Å². The molecular formula is C11H16N2. The van der Waals surface area contributed by atoms with Gasteiger partial charge in [0.2, 0.25) is 0 Å². The summed E-state index contributed by atoms with van der Waals surface area (Å²) in [6, 6.07) is 0. The smallest absolute Gasteiger partial charge is 0.0741 e. The first-order valence-electron chi connectivity index (χ1n) is 4.94. The summed E-state index contributed by atoms with van der Waals surface area (Å²) >= 11 is 0. The van der Waals surface area contributed by atoms with Crippen molar-refractivity contribution in [3.8, 4) is 0 Å². The van der Waals surface area contributed by atoms with Gasteiger partial charge in [0, 0.05) is 6.20 Å². The lowest BCUT2D eigenvalue weighted by atomic mass is 9.95. The molecule has 1 heterocycles. The summed E-state index contributed by atoms with van der Waals surface area (Å²) < 4.78 is 0. The molecule has 2 nitrogen and oxygen atoms in total. The first-order chi connectivity index (χ1) is 6.36. The van der Waals surface area contributed by atoms with Crippen molar-refractivity contribution in [1.82, 2.24) is 5.32 Å². The van der Waals surface area contributed by atoms with Crippen LogP contribution in [0.4, 0.5) is 0 Å². The molecule has 0 saturated heterocycles. The van der Waals surface area contributed by atoms with Crippen LogP contribution in [-0.4, -0.2) is 6.17 Å². The highest BCUT2D eigenvalue weighted by Gasteiger charge is 2.11. The van der Waals surface area contributed by atoms with Crippen LogP contribution in [0.3, 0.4) is 0 Å². The Bertz CT molecular complexity index is 274. The molecule has 1 aliphatic heterocycles. The van der Waals surface area contributed by atoms with Gasteiger partial charge in [0.05, 0.1) is 6.17 Å². The highest BCUT2D eigenvalue weighted by molar-refractivity contribution is 5.41. The fourth-order valence-corrected chi connectivity index (χ4v) is 1.75. The summed E-state index contributed by atoms with van der Waals surface area (Å²) in [5, 5.41) is 3.17. The van der Waals surface area contributed by atoms with Crippen molar-refractivity contribution in [1.29, 1.82) is 0 Å². The zero-order valence-electron chi connectivity index (χ0n) is 7.79. The molecule has 2 aliphatic rings. The molecule has 0 aromatic carbocycles. The second kappa shape index (κ2) is 3.79. The maximum Gasteiger partial charge on any atom is 0.0741 e. The van der Waals surface area contributed by atoms with Gasteiger partial charge in [-0.15, -0.1) is 0 Å². The summed E-state index contributed by atoms with van der Waals surface area (Å²) in [6.45, 7) is 0. The number of nitrogens with one attached hydrogen (secondary N) is 1. The van der Waals surface area contributed by atoms with Crippen molar-refractivity contribution in [3.63, 3.8) is 0 Å². The highest BCUT2D eigenvalue weighted by atomic mass is 15.0. The number of allylic oxidation sites excluding steroid dienone is 5. The molecule has 0 spiro atoms. The van der Waals surface area contributed by atoms with Crippen LogP contribution in [0.1, 0.15) is 25.7 Å². The molecule has 2 rings (SSSR count). The molecule has 3 N–H and O–H groups in total. The Kier molecular flexibility index (Phi) is 2.50. The van der Waals surface area contributed by atoms with E-state index in [0.717, 1.165) is 12.8 Å². The lowest BCUT2D eigenvalue weighted by Gasteiger charge is -2.21. The number of hydrogen-bond acceptors (Lipinski definition) is 2. The predicted octanol–water partition coefficient (Wildman–Crippen LogP) is 1.81. The van der Waals surface area contributed by atoms with Crippen molar-refractivity contribution in [3.05, 3.63) is 35.6 Å². The van der Waals surface area contributed by atoms with E-state index in [4.69, 9.17) is 5.73 Å². The minimum absolute atomic E-state index is 0.150. The first kappa shape index (κ1) is 8.57. The van der Waals surface area contributed by atoms with E-state index in [2.05, 4.69) is 29.7 Å². The second-order valence-electron chi connectivity index (χ2n) is 3.62. The summed E-state index contributed by atoms with van der Waals surface area (Å²) in [5.74, 6) is 0. The van der Waals surface area contributed by atoms with E-state index in [0.29, 0.717) is 0 Å². The molecule has 0 saturated carbocycles. The molecule has 0 fully saturated rings. The topological polar surface area (TPSA) is 38.0 Å². The van der Waals surface area contributed by atoms with Gasteiger partial charge in [-0.2, -0.15) is 0 Å². The van der Waals surface area contributed by atoms with Gasteiger partial charge in [0.25, 0.3) is 0 Å². The van der Waals surface area contributed by atoms with Crippen molar-refractivity contribution in [2.75, 3.05) is 0 Å². The van der Waals surface area contributed by atoms with Gasteiger partial charge in [-0.1, -0.05) is 18.2 Å². The molecule has 0 aromatic heterocycles. The summed E-state index contributed by atoms with van der Waals surface area (Å²) in [4.78, 5) is 0. The quantitative estimate of drug-likeness (QED) is 0.639. The molecule has 13 heavy (non-hydrogen) atoms. The monoisotopic (exact) mass is 176 g/mol. The summed E-state index contributed by atoms with van der Waals surface area (Å²) in [7, 11) is 0. The largest absolute Gasteiger partial charge is 0.376 e. The van der Waals surface area contributed by atoms with E-state index in [1.54, 1.807) is 0 Å². The van der Waals surface area contributed by atoms with E-state index in [1.165, 1.54) is 24.0 Å². The number of rotatable bonds is 1. The highest BCUT2D eigenvalue weighted by Crippen LogP contribution is 2.23. The van der Waals surface area contributed by atoms with Gasteiger partial charge in [0.1, 0.15) is 0 Å². The molecule has 2 heteroatoms. The van der Waals surface area contributed by atoms with Crippen LogP contribution in [0, 0.1) is 0 Å². The third-order valence-corrected chi connectivity index (χ3v) is 2.56. The maximum atomic E-state index is 5.73. The second-order valence-corrected chi connectivity index (χ2v) is 3.62. The van der Waals surface area contributed by atoms with Crippen LogP contribution >= 0.6 is 0 Å². The van der Waals surface area contributed by atoms with Crippen molar-refractivity contribution < 1.29 is 0 Å². The Morgan fingerprint density at radius 2 is 2.31 bits per heavy atom. The lowest BCUT2D eigenvalue weighted by Crippen LogP contribution is -2.36. The normalized spacial score (nSPS) is 27.6. The van der Waals surface area contributed by atoms with Crippen LogP contribution in [0.15, 0.2) is 35.6 Å². The molecule has 1 atom stereocenters. The Balaban J connectivity index is 2.08. The fraction of sp³-hybridized carbons (Fsp3) is 0.455. The van der Waals surface area contributed by atoms with Crippen molar-refractivity contribution in [2.24, 2.45) is 5.73 Å². The van der Waals surface area contributed by atoms with Crippen LogP contribution in [0.2, 0.25) is 0 Å². The molecular weight excluding hydrogens is 160 g/mol. The Morgan fingerprint density at radius 1 is 1.38 bits per heavy atom. The molecule has 1 unspecified atom stereocenters. The summed E-state index contributed by atoms with van der Waals surface area (Å²) in [6.07, 6.45) is 13.5. The number of hydrogen-bond donors (Lipinski definition) is 2. The lowest BCUT2D eigenvalue weighted by molar-refractivity contribution is 0.534. The van der Waals surface area contributed by atoms with Gasteiger partial charge in [-0.3, -0.25) is 0 Å². The maximum absolute atomic E-state index is 5.73. The number of nitrogens with two attached hydrogens (primary N) is 1. The summed E-state index contributed by atoms with van der Waals surface area (Å²) in [5.41, 5.74) is 8.51. The van der Waals surface area contributed by atoms with Crippen LogP contribution in [-0.2, 0) is 0 Å². The zero-order valence-corrected chi connectivity index (χ0v) is 7.79. The molecule has 70 valence electrons. The van der Waals surface area contributed by atoms with Crippen molar-refractivity contribution >= 4 is 0 Å². The third kappa shape index (κ3) is 2.01. The standard InChI is InChI=1S/C11H16N2/c12-11-7-6-10(8-13-11)9-4-2-1-3-5-9/h2,4-5,8,11,13H,1,3,6-7,12H2. The van der Waals surface area contributed by atoms with E-state index in [-0.39, 0.29) is 6.17 Å². The van der Waals surface area contributed by atoms with Crippen molar-refractivity contribution in [2.45, 2.75) is 31.8 Å². The van der Waals surface area contributed by atoms with Gasteiger partial charge >= 0.3 is 0 Å². The SMILES string of the molecule is NC1CCC(C2=CCCC=C2)=CN1. The zero-order chi connectivity index (χ0) is 9.10. The van der Waals surface area contributed by atoms with Gasteiger partial charge < -0.3 is 11.1 Å². The first-order valence-corrected chi connectivity index (χ1v) is 4.94. The van der Waals surface area contributed by atoms with Crippen LogP contribution < -0.4 is 11.1 Å². The molecule has 0 aromatic rings. The van der Waals surface area contributed by atoms with Gasteiger partial charge in [-0.25, -0.2) is 0 Å². The van der Waals surface area contributed by atoms with E-state index >= 15 is 0 Å². The van der Waals surface area contributed by atoms with Gasteiger partial charge in [0.15, 0.2) is 0 Å². The third-order valence-electron chi connectivity index (χ3n) is 2.56.